The van der Waals surface area contributed by atoms with E-state index in [1.807, 2.05) is 49.4 Å². The van der Waals surface area contributed by atoms with Gasteiger partial charge in [-0.05, 0) is 60.5 Å². The number of nitrogens with zero attached hydrogens (tertiary/aromatic N) is 3. The van der Waals surface area contributed by atoms with Gasteiger partial charge in [0, 0.05) is 5.56 Å². The van der Waals surface area contributed by atoms with E-state index in [-0.39, 0.29) is 17.0 Å². The number of ether oxygens (including phenoxy) is 2. The molecule has 2 aromatic heterocycles. The minimum Gasteiger partial charge on any atom is -0.497 e. The Morgan fingerprint density at radius 1 is 1.08 bits per heavy atom. The van der Waals surface area contributed by atoms with E-state index in [1.165, 1.54) is 23.5 Å². The molecular weight excluding hydrogens is 523 g/mol. The highest BCUT2D eigenvalue weighted by Gasteiger charge is 2.31. The Bertz CT molecular complexity index is 1630. The predicted molar refractivity (Wildman–Crippen MR) is 148 cm³/mol. The summed E-state index contributed by atoms with van der Waals surface area (Å²) in [6.45, 7) is 2.30. The second-order valence-electron chi connectivity index (χ2n) is 8.81. The number of aryl methyl sites for hydroxylation is 1. The van der Waals surface area contributed by atoms with Crippen molar-refractivity contribution in [2.24, 2.45) is 0 Å². The van der Waals surface area contributed by atoms with E-state index >= 15 is 0 Å². The summed E-state index contributed by atoms with van der Waals surface area (Å²) in [6, 6.07) is 19.9. The molecule has 3 heterocycles. The lowest BCUT2D eigenvalue weighted by molar-refractivity contribution is -0.113. The van der Waals surface area contributed by atoms with Crippen molar-refractivity contribution in [1.29, 1.82) is 0 Å². The molecule has 0 saturated carbocycles. The molecule has 1 N–H and O–H groups in total. The Hall–Kier alpha value is -3.89. The third kappa shape index (κ3) is 4.72. The fraction of sp³-hybridized carbons (Fsp3) is 0.179. The molecule has 0 radical (unpaired) electrons. The molecule has 3 aromatic carbocycles. The molecule has 38 heavy (non-hydrogen) atoms. The molecule has 0 bridgehead atoms. The number of methoxy groups -OCH3 is 1. The van der Waals surface area contributed by atoms with Gasteiger partial charge in [0.25, 0.3) is 0 Å². The van der Waals surface area contributed by atoms with Crippen LogP contribution in [0.15, 0.2) is 66.7 Å². The number of carbonyl (C=O) groups excluding carboxylic acids is 1. The first-order chi connectivity index (χ1) is 18.5. The van der Waals surface area contributed by atoms with Crippen molar-refractivity contribution < 1.29 is 18.7 Å². The van der Waals surface area contributed by atoms with Crippen molar-refractivity contribution in [1.82, 2.24) is 14.8 Å². The zero-order valence-electron chi connectivity index (χ0n) is 20.6. The average Bonchev–Trinajstić information content (AvgIpc) is 3.43. The highest BCUT2D eigenvalue weighted by atomic mass is 32.2. The number of fused-ring (bicyclic) bond motifs is 2. The van der Waals surface area contributed by atoms with Crippen LogP contribution >= 0.6 is 23.1 Å². The SMILES string of the molecule is COc1ccc2nc(-n3nc(C)c4c3NC(=O)CS[C@@H]4c3ccc(OCc4ccc(F)cc4)cc3)sc2c1. The summed E-state index contributed by atoms with van der Waals surface area (Å²) in [7, 11) is 1.64. The number of carbonyl (C=O) groups is 1. The zero-order valence-corrected chi connectivity index (χ0v) is 22.2. The Morgan fingerprint density at radius 2 is 1.84 bits per heavy atom. The predicted octanol–water partition coefficient (Wildman–Crippen LogP) is 6.29. The summed E-state index contributed by atoms with van der Waals surface area (Å²) >= 11 is 3.05. The number of hydrogen-bond donors (Lipinski definition) is 1. The molecule has 7 nitrogen and oxygen atoms in total. The first-order valence-electron chi connectivity index (χ1n) is 11.9. The van der Waals surface area contributed by atoms with Crippen molar-refractivity contribution in [2.45, 2.75) is 18.8 Å². The second kappa shape index (κ2) is 10.1. The van der Waals surface area contributed by atoms with Crippen LogP contribution in [0.3, 0.4) is 0 Å². The van der Waals surface area contributed by atoms with Crippen LogP contribution in [0.5, 0.6) is 11.5 Å². The van der Waals surface area contributed by atoms with Gasteiger partial charge in [0.15, 0.2) is 0 Å². The van der Waals surface area contributed by atoms with Gasteiger partial charge >= 0.3 is 0 Å². The summed E-state index contributed by atoms with van der Waals surface area (Å²) in [4.78, 5) is 17.5. The molecule has 0 aliphatic carbocycles. The van der Waals surface area contributed by atoms with Crippen LogP contribution in [-0.2, 0) is 11.4 Å². The lowest BCUT2D eigenvalue weighted by Gasteiger charge is -2.16. The summed E-state index contributed by atoms with van der Waals surface area (Å²) in [5, 5.41) is 8.43. The number of thioether (sulfide) groups is 1. The first kappa shape index (κ1) is 24.4. The van der Waals surface area contributed by atoms with Gasteiger partial charge in [-0.25, -0.2) is 9.37 Å². The van der Waals surface area contributed by atoms with E-state index in [9.17, 15) is 9.18 Å². The van der Waals surface area contributed by atoms with E-state index in [1.54, 1.807) is 35.7 Å². The first-order valence-corrected chi connectivity index (χ1v) is 13.8. The van der Waals surface area contributed by atoms with E-state index in [0.29, 0.717) is 29.1 Å². The van der Waals surface area contributed by atoms with Crippen molar-refractivity contribution >= 4 is 45.0 Å². The fourth-order valence-corrected chi connectivity index (χ4v) is 6.52. The molecule has 6 rings (SSSR count). The molecule has 192 valence electrons. The third-order valence-electron chi connectivity index (χ3n) is 6.27. The highest BCUT2D eigenvalue weighted by Crippen LogP contribution is 2.44. The monoisotopic (exact) mass is 546 g/mol. The summed E-state index contributed by atoms with van der Waals surface area (Å²) in [5.41, 5.74) is 4.56. The number of anilines is 1. The van der Waals surface area contributed by atoms with Crippen molar-refractivity contribution in [3.8, 4) is 16.6 Å². The molecule has 0 fully saturated rings. The molecule has 0 saturated heterocycles. The molecule has 1 amide bonds. The number of thiazole rings is 1. The van der Waals surface area contributed by atoms with Crippen LogP contribution in [-0.4, -0.2) is 33.5 Å². The normalized spacial score (nSPS) is 15.1. The van der Waals surface area contributed by atoms with Gasteiger partial charge in [0.1, 0.15) is 29.7 Å². The topological polar surface area (TPSA) is 78.3 Å². The molecule has 5 aromatic rings. The summed E-state index contributed by atoms with van der Waals surface area (Å²) < 4.78 is 27.1. The van der Waals surface area contributed by atoms with E-state index in [4.69, 9.17) is 19.6 Å². The largest absolute Gasteiger partial charge is 0.497 e. The Kier molecular flexibility index (Phi) is 6.50. The van der Waals surface area contributed by atoms with Gasteiger partial charge in [0.2, 0.25) is 11.0 Å². The Morgan fingerprint density at radius 3 is 2.61 bits per heavy atom. The van der Waals surface area contributed by atoms with Gasteiger partial charge in [-0.2, -0.15) is 9.78 Å². The van der Waals surface area contributed by atoms with E-state index < -0.39 is 0 Å². The number of hydrogen-bond acceptors (Lipinski definition) is 7. The maximum Gasteiger partial charge on any atom is 0.235 e. The number of rotatable bonds is 6. The fourth-order valence-electron chi connectivity index (χ4n) is 4.38. The molecule has 1 atom stereocenters. The van der Waals surface area contributed by atoms with Gasteiger partial charge < -0.3 is 14.8 Å². The number of amides is 1. The zero-order chi connectivity index (χ0) is 26.2. The standard InChI is InChI=1S/C28H23FN4O3S2/c1-16-25-26(18-5-9-20(10-6-18)36-14-17-3-7-19(29)8-4-17)37-15-24(34)31-27(25)33(32-16)28-30-22-12-11-21(35-2)13-23(22)38-28/h3-13,26H,14-15H2,1-2H3,(H,31,34)/t26-/m1/s1. The van der Waals surface area contributed by atoms with Crippen LogP contribution in [0.1, 0.15) is 27.6 Å². The Labute approximate surface area is 226 Å². The Balaban J connectivity index is 1.31. The lowest BCUT2D eigenvalue weighted by atomic mass is 10.0. The third-order valence-corrected chi connectivity index (χ3v) is 8.54. The van der Waals surface area contributed by atoms with Gasteiger partial charge in [0.05, 0.1) is 34.0 Å². The van der Waals surface area contributed by atoms with Gasteiger partial charge in [-0.3, -0.25) is 4.79 Å². The smallest absolute Gasteiger partial charge is 0.235 e. The van der Waals surface area contributed by atoms with E-state index in [2.05, 4.69) is 5.32 Å². The van der Waals surface area contributed by atoms with Crippen molar-refractivity contribution in [3.63, 3.8) is 0 Å². The quantitative estimate of drug-likeness (QED) is 0.270. The average molecular weight is 547 g/mol. The number of benzene rings is 3. The molecule has 1 aliphatic heterocycles. The highest BCUT2D eigenvalue weighted by molar-refractivity contribution is 8.00. The number of halogens is 1. The molecule has 0 spiro atoms. The summed E-state index contributed by atoms with van der Waals surface area (Å²) in [5.74, 6) is 2.08. The van der Waals surface area contributed by atoms with Crippen LogP contribution in [0.25, 0.3) is 15.3 Å². The second-order valence-corrected chi connectivity index (χ2v) is 10.9. The maximum atomic E-state index is 13.2. The maximum absolute atomic E-state index is 13.2. The summed E-state index contributed by atoms with van der Waals surface area (Å²) in [6.07, 6.45) is 0. The molecule has 1 aliphatic rings. The van der Waals surface area contributed by atoms with Crippen LogP contribution in [0.2, 0.25) is 0 Å². The lowest BCUT2D eigenvalue weighted by Crippen LogP contribution is -2.15. The van der Waals surface area contributed by atoms with Crippen LogP contribution in [0, 0.1) is 12.7 Å². The van der Waals surface area contributed by atoms with Crippen LogP contribution in [0.4, 0.5) is 10.2 Å². The van der Waals surface area contributed by atoms with Crippen LogP contribution < -0.4 is 14.8 Å². The van der Waals surface area contributed by atoms with Gasteiger partial charge in [-0.1, -0.05) is 35.6 Å². The number of aromatic nitrogens is 3. The molecule has 10 heteroatoms. The van der Waals surface area contributed by atoms with Gasteiger partial charge in [-0.15, -0.1) is 11.8 Å². The number of nitrogens with one attached hydrogen (secondary N) is 1. The minimum absolute atomic E-state index is 0.0815. The van der Waals surface area contributed by atoms with Crippen molar-refractivity contribution in [2.75, 3.05) is 18.2 Å². The van der Waals surface area contributed by atoms with Crippen molar-refractivity contribution in [3.05, 3.63) is 94.9 Å². The molecule has 0 unspecified atom stereocenters. The molecular formula is C28H23FN4O3S2. The minimum atomic E-state index is -0.270. The van der Waals surface area contributed by atoms with E-state index in [0.717, 1.165) is 38.4 Å².